The van der Waals surface area contributed by atoms with Gasteiger partial charge in [0, 0.05) is 0 Å². The normalized spacial score (nSPS) is 12.8. The predicted molar refractivity (Wildman–Crippen MR) is 80.9 cm³/mol. The minimum atomic E-state index is 0.262. The highest BCUT2D eigenvalue weighted by molar-refractivity contribution is 5.32. The molecule has 1 atom stereocenters. The first-order valence-electron chi connectivity index (χ1n) is 7.06. The fraction of sp³-hybridized carbons (Fsp3) is 0.467. The summed E-state index contributed by atoms with van der Waals surface area (Å²) >= 11 is 0. The number of rotatable bonds is 7. The molecule has 0 saturated heterocycles. The molecule has 0 bridgehead atoms. The van der Waals surface area contributed by atoms with Gasteiger partial charge in [-0.05, 0) is 45.7 Å². The lowest BCUT2D eigenvalue weighted by Crippen LogP contribution is -2.27. The number of para-hydroxylation sites is 1. The van der Waals surface area contributed by atoms with E-state index in [9.17, 15) is 0 Å². The maximum Gasteiger partial charge on any atom is 0.0815 e. The number of nitrogens with zero attached hydrogens (tertiary/aromatic N) is 4. The van der Waals surface area contributed by atoms with E-state index in [0.29, 0.717) is 0 Å². The van der Waals surface area contributed by atoms with Crippen LogP contribution in [0.25, 0.3) is 5.69 Å². The molecule has 1 aromatic carbocycles. The molecule has 0 saturated carbocycles. The van der Waals surface area contributed by atoms with Gasteiger partial charge in [0.2, 0.25) is 0 Å². The number of aromatic nitrogens is 3. The largest absolute Gasteiger partial charge is 0.309 e. The van der Waals surface area contributed by atoms with Crippen molar-refractivity contribution in [3.63, 3.8) is 0 Å². The Hall–Kier alpha value is -1.72. The quantitative estimate of drug-likeness (QED) is 0.836. The van der Waals surface area contributed by atoms with Crippen LogP contribution >= 0.6 is 0 Å². The summed E-state index contributed by atoms with van der Waals surface area (Å²) in [6.07, 6.45) is 2.89. The van der Waals surface area contributed by atoms with Gasteiger partial charge in [-0.1, -0.05) is 30.3 Å². The second-order valence-electron chi connectivity index (χ2n) is 5.11. The van der Waals surface area contributed by atoms with Crippen molar-refractivity contribution in [2.75, 3.05) is 27.2 Å². The third-order valence-corrected chi connectivity index (χ3v) is 3.25. The van der Waals surface area contributed by atoms with Crippen LogP contribution in [0.3, 0.4) is 0 Å². The Bertz CT molecular complexity index is 506. The SMILES string of the molecule is CCNC(CCN(C)C)c1cnnn1-c1ccccc1. The van der Waals surface area contributed by atoms with Crippen LogP contribution in [-0.4, -0.2) is 47.1 Å². The van der Waals surface area contributed by atoms with E-state index in [2.05, 4.69) is 41.5 Å². The third-order valence-electron chi connectivity index (χ3n) is 3.25. The zero-order chi connectivity index (χ0) is 14.4. The number of nitrogens with one attached hydrogen (secondary N) is 1. The monoisotopic (exact) mass is 273 g/mol. The highest BCUT2D eigenvalue weighted by atomic mass is 15.4. The Labute approximate surface area is 120 Å². The first-order valence-corrected chi connectivity index (χ1v) is 7.06. The van der Waals surface area contributed by atoms with Crippen LogP contribution in [0.4, 0.5) is 0 Å². The fourth-order valence-corrected chi connectivity index (χ4v) is 2.24. The van der Waals surface area contributed by atoms with Crippen molar-refractivity contribution in [1.82, 2.24) is 25.2 Å². The van der Waals surface area contributed by atoms with E-state index in [1.165, 1.54) is 0 Å². The molecule has 1 unspecified atom stereocenters. The lowest BCUT2D eigenvalue weighted by molar-refractivity contribution is 0.358. The molecule has 0 fully saturated rings. The molecule has 5 nitrogen and oxygen atoms in total. The van der Waals surface area contributed by atoms with Crippen molar-refractivity contribution in [3.05, 3.63) is 42.2 Å². The Morgan fingerprint density at radius 3 is 2.65 bits per heavy atom. The molecule has 0 spiro atoms. The van der Waals surface area contributed by atoms with Crippen LogP contribution in [0.5, 0.6) is 0 Å². The Morgan fingerprint density at radius 2 is 2.00 bits per heavy atom. The highest BCUT2D eigenvalue weighted by Crippen LogP contribution is 2.19. The molecule has 1 heterocycles. The molecular weight excluding hydrogens is 250 g/mol. The summed E-state index contributed by atoms with van der Waals surface area (Å²) in [7, 11) is 4.19. The van der Waals surface area contributed by atoms with Crippen molar-refractivity contribution < 1.29 is 0 Å². The summed E-state index contributed by atoms with van der Waals surface area (Å²) in [5, 5.41) is 11.8. The fourth-order valence-electron chi connectivity index (χ4n) is 2.24. The van der Waals surface area contributed by atoms with Crippen molar-refractivity contribution in [1.29, 1.82) is 0 Å². The predicted octanol–water partition coefficient (Wildman–Crippen LogP) is 1.87. The minimum Gasteiger partial charge on any atom is -0.309 e. The van der Waals surface area contributed by atoms with Gasteiger partial charge in [0.1, 0.15) is 0 Å². The topological polar surface area (TPSA) is 46.0 Å². The van der Waals surface area contributed by atoms with Crippen LogP contribution in [-0.2, 0) is 0 Å². The third kappa shape index (κ3) is 3.65. The van der Waals surface area contributed by atoms with Gasteiger partial charge in [0.25, 0.3) is 0 Å². The van der Waals surface area contributed by atoms with Crippen molar-refractivity contribution in [2.45, 2.75) is 19.4 Å². The molecule has 0 radical (unpaired) electrons. The van der Waals surface area contributed by atoms with E-state index >= 15 is 0 Å². The lowest BCUT2D eigenvalue weighted by atomic mass is 10.1. The molecule has 2 aromatic rings. The van der Waals surface area contributed by atoms with Crippen molar-refractivity contribution in [3.8, 4) is 5.69 Å². The van der Waals surface area contributed by atoms with Gasteiger partial charge in [0.15, 0.2) is 0 Å². The maximum atomic E-state index is 4.23. The van der Waals surface area contributed by atoms with Gasteiger partial charge in [-0.2, -0.15) is 0 Å². The van der Waals surface area contributed by atoms with Gasteiger partial charge < -0.3 is 10.2 Å². The summed E-state index contributed by atoms with van der Waals surface area (Å²) < 4.78 is 1.92. The first kappa shape index (κ1) is 14.7. The van der Waals surface area contributed by atoms with Gasteiger partial charge in [0.05, 0.1) is 23.6 Å². The molecule has 2 rings (SSSR count). The highest BCUT2D eigenvalue weighted by Gasteiger charge is 2.17. The molecule has 1 N–H and O–H groups in total. The minimum absolute atomic E-state index is 0.262. The summed E-state index contributed by atoms with van der Waals surface area (Å²) in [5.74, 6) is 0. The van der Waals surface area contributed by atoms with E-state index in [1.807, 2.05) is 41.2 Å². The zero-order valence-corrected chi connectivity index (χ0v) is 12.5. The van der Waals surface area contributed by atoms with Crippen molar-refractivity contribution in [2.24, 2.45) is 0 Å². The van der Waals surface area contributed by atoms with E-state index in [1.54, 1.807) is 0 Å². The van der Waals surface area contributed by atoms with Crippen LogP contribution in [0.1, 0.15) is 25.1 Å². The van der Waals surface area contributed by atoms with Gasteiger partial charge in [-0.25, -0.2) is 4.68 Å². The molecule has 0 aliphatic rings. The van der Waals surface area contributed by atoms with Gasteiger partial charge >= 0.3 is 0 Å². The smallest absolute Gasteiger partial charge is 0.0815 e. The first-order chi connectivity index (χ1) is 9.72. The van der Waals surface area contributed by atoms with Crippen LogP contribution in [0.15, 0.2) is 36.5 Å². The second kappa shape index (κ2) is 7.17. The Balaban J connectivity index is 2.23. The van der Waals surface area contributed by atoms with Crippen LogP contribution in [0.2, 0.25) is 0 Å². The summed E-state index contributed by atoms with van der Waals surface area (Å²) in [6.45, 7) is 4.08. The van der Waals surface area contributed by atoms with E-state index in [-0.39, 0.29) is 6.04 Å². The molecule has 0 amide bonds. The summed E-state index contributed by atoms with van der Waals surface area (Å²) in [4.78, 5) is 2.20. The maximum absolute atomic E-state index is 4.23. The standard InChI is InChI=1S/C15H23N5/c1-4-16-14(10-11-19(2)3)15-12-17-18-20(15)13-8-6-5-7-9-13/h5-9,12,14,16H,4,10-11H2,1-3H3. The van der Waals surface area contributed by atoms with E-state index in [4.69, 9.17) is 0 Å². The molecule has 0 aliphatic carbocycles. The van der Waals surface area contributed by atoms with E-state index < -0.39 is 0 Å². The van der Waals surface area contributed by atoms with Crippen LogP contribution in [0, 0.1) is 0 Å². The molecular formula is C15H23N5. The average molecular weight is 273 g/mol. The average Bonchev–Trinajstić information content (AvgIpc) is 2.93. The Kier molecular flexibility index (Phi) is 5.26. The number of hydrogen-bond acceptors (Lipinski definition) is 4. The number of benzene rings is 1. The summed E-state index contributed by atoms with van der Waals surface area (Å²) in [5.41, 5.74) is 2.16. The van der Waals surface area contributed by atoms with Crippen molar-refractivity contribution >= 4 is 0 Å². The number of hydrogen-bond donors (Lipinski definition) is 1. The van der Waals surface area contributed by atoms with Gasteiger partial charge in [-0.3, -0.25) is 0 Å². The van der Waals surface area contributed by atoms with Crippen LogP contribution < -0.4 is 5.32 Å². The summed E-state index contributed by atoms with van der Waals surface area (Å²) in [6, 6.07) is 10.4. The van der Waals surface area contributed by atoms with Gasteiger partial charge in [-0.15, -0.1) is 5.10 Å². The lowest BCUT2D eigenvalue weighted by Gasteiger charge is -2.20. The molecule has 108 valence electrons. The molecule has 0 aliphatic heterocycles. The Morgan fingerprint density at radius 1 is 1.25 bits per heavy atom. The molecule has 20 heavy (non-hydrogen) atoms. The second-order valence-corrected chi connectivity index (χ2v) is 5.11. The molecule has 5 heteroatoms. The molecule has 1 aromatic heterocycles. The van der Waals surface area contributed by atoms with E-state index in [0.717, 1.165) is 30.9 Å². The zero-order valence-electron chi connectivity index (χ0n) is 12.5.